The molecule has 1 aromatic rings. The molecular weight excluding hydrogens is 240 g/mol. The van der Waals surface area contributed by atoms with Crippen molar-refractivity contribution in [3.05, 3.63) is 22.4 Å². The topological polar surface area (TPSA) is 15.3 Å². The largest absolute Gasteiger partial charge is 0.314 e. The molecule has 1 saturated heterocycles. The lowest BCUT2D eigenvalue weighted by Crippen LogP contribution is -2.48. The molecule has 2 atom stereocenters. The second kappa shape index (κ2) is 7.27. The third kappa shape index (κ3) is 4.08. The average molecular weight is 266 g/mol. The zero-order chi connectivity index (χ0) is 12.8. The molecule has 1 aliphatic rings. The third-order valence-electron chi connectivity index (χ3n) is 3.92. The molecule has 0 radical (unpaired) electrons. The van der Waals surface area contributed by atoms with Gasteiger partial charge in [-0.1, -0.05) is 13.0 Å². The first-order valence-electron chi connectivity index (χ1n) is 7.29. The lowest BCUT2D eigenvalue weighted by Gasteiger charge is -2.38. The highest BCUT2D eigenvalue weighted by Crippen LogP contribution is 2.18. The van der Waals surface area contributed by atoms with E-state index >= 15 is 0 Å². The molecule has 0 saturated carbocycles. The minimum atomic E-state index is 0.730. The fraction of sp³-hybridized carbons (Fsp3) is 0.733. The molecule has 1 N–H and O–H groups in total. The molecule has 0 aromatic carbocycles. The van der Waals surface area contributed by atoms with Gasteiger partial charge in [0.05, 0.1) is 0 Å². The van der Waals surface area contributed by atoms with Crippen LogP contribution in [0, 0.1) is 0 Å². The van der Waals surface area contributed by atoms with Gasteiger partial charge >= 0.3 is 0 Å². The molecule has 0 aliphatic carbocycles. The summed E-state index contributed by atoms with van der Waals surface area (Å²) in [5.41, 5.74) is 0. The van der Waals surface area contributed by atoms with Crippen molar-refractivity contribution in [2.75, 3.05) is 19.6 Å². The van der Waals surface area contributed by atoms with Gasteiger partial charge < -0.3 is 10.2 Å². The summed E-state index contributed by atoms with van der Waals surface area (Å²) in [6.45, 7) is 8.28. The molecule has 18 heavy (non-hydrogen) atoms. The Bertz CT molecular complexity index is 323. The van der Waals surface area contributed by atoms with E-state index in [1.54, 1.807) is 0 Å². The Morgan fingerprint density at radius 3 is 3.06 bits per heavy atom. The molecule has 1 aromatic heterocycles. The quantitative estimate of drug-likeness (QED) is 0.851. The zero-order valence-electron chi connectivity index (χ0n) is 11.7. The highest BCUT2D eigenvalue weighted by molar-refractivity contribution is 7.09. The Labute approximate surface area is 115 Å². The van der Waals surface area contributed by atoms with Crippen LogP contribution in [0.1, 0.15) is 38.0 Å². The first-order valence-corrected chi connectivity index (χ1v) is 8.17. The Morgan fingerprint density at radius 2 is 2.39 bits per heavy atom. The number of likely N-dealkylation sites (tertiary alicyclic amines) is 1. The molecule has 1 fully saturated rings. The van der Waals surface area contributed by atoms with Crippen LogP contribution in [0.2, 0.25) is 0 Å². The predicted octanol–water partition coefficient (Wildman–Crippen LogP) is 3.14. The summed E-state index contributed by atoms with van der Waals surface area (Å²) in [4.78, 5) is 4.18. The van der Waals surface area contributed by atoms with Gasteiger partial charge in [0.1, 0.15) is 0 Å². The van der Waals surface area contributed by atoms with Crippen molar-refractivity contribution in [2.24, 2.45) is 0 Å². The van der Waals surface area contributed by atoms with Crippen molar-refractivity contribution >= 4 is 11.3 Å². The summed E-state index contributed by atoms with van der Waals surface area (Å²) < 4.78 is 0. The fourth-order valence-corrected chi connectivity index (χ4v) is 3.49. The molecule has 2 nitrogen and oxygen atoms in total. The first kappa shape index (κ1) is 14.0. The van der Waals surface area contributed by atoms with Gasteiger partial charge in [-0.05, 0) is 57.1 Å². The van der Waals surface area contributed by atoms with Gasteiger partial charge in [0, 0.05) is 23.5 Å². The normalized spacial score (nSPS) is 25.4. The third-order valence-corrected chi connectivity index (χ3v) is 4.86. The van der Waals surface area contributed by atoms with Crippen LogP contribution in [0.3, 0.4) is 0 Å². The highest BCUT2D eigenvalue weighted by atomic mass is 32.1. The van der Waals surface area contributed by atoms with E-state index in [1.807, 2.05) is 11.3 Å². The summed E-state index contributed by atoms with van der Waals surface area (Å²) in [5, 5.41) is 5.85. The van der Waals surface area contributed by atoms with E-state index in [0.717, 1.165) is 12.1 Å². The molecule has 2 heterocycles. The minimum absolute atomic E-state index is 0.730. The van der Waals surface area contributed by atoms with Crippen molar-refractivity contribution in [3.8, 4) is 0 Å². The molecule has 1 aliphatic heterocycles. The number of rotatable bonds is 6. The van der Waals surface area contributed by atoms with E-state index in [2.05, 4.69) is 41.6 Å². The van der Waals surface area contributed by atoms with E-state index in [0.29, 0.717) is 0 Å². The van der Waals surface area contributed by atoms with Crippen LogP contribution in [0.25, 0.3) is 0 Å². The van der Waals surface area contributed by atoms with Crippen LogP contribution >= 0.6 is 11.3 Å². The summed E-state index contributed by atoms with van der Waals surface area (Å²) in [6.07, 6.45) is 5.08. The lowest BCUT2D eigenvalue weighted by atomic mass is 9.98. The van der Waals surface area contributed by atoms with Gasteiger partial charge in [-0.3, -0.25) is 0 Å². The lowest BCUT2D eigenvalue weighted by molar-refractivity contribution is 0.138. The fourth-order valence-electron chi connectivity index (χ4n) is 2.80. The maximum Gasteiger partial charge on any atom is 0.00940 e. The predicted molar refractivity (Wildman–Crippen MR) is 80.4 cm³/mol. The van der Waals surface area contributed by atoms with E-state index in [9.17, 15) is 0 Å². The van der Waals surface area contributed by atoms with Crippen LogP contribution in [0.5, 0.6) is 0 Å². The first-order chi connectivity index (χ1) is 8.79. The number of piperidine rings is 1. The van der Waals surface area contributed by atoms with Gasteiger partial charge in [-0.15, -0.1) is 11.3 Å². The molecular formula is C15H26N2S. The Hall–Kier alpha value is -0.380. The van der Waals surface area contributed by atoms with Crippen LogP contribution in [0.4, 0.5) is 0 Å². The number of nitrogens with zero attached hydrogens (tertiary/aromatic N) is 1. The SMILES string of the molecule is CCCNC1CCN(CCc2cccs2)C(C)C1. The van der Waals surface area contributed by atoms with Crippen LogP contribution < -0.4 is 5.32 Å². The molecule has 3 heteroatoms. The molecule has 2 unspecified atom stereocenters. The Kier molecular flexibility index (Phi) is 5.67. The molecule has 2 rings (SSSR count). The number of hydrogen-bond acceptors (Lipinski definition) is 3. The zero-order valence-corrected chi connectivity index (χ0v) is 12.5. The number of hydrogen-bond donors (Lipinski definition) is 1. The summed E-state index contributed by atoms with van der Waals surface area (Å²) in [5.74, 6) is 0. The van der Waals surface area contributed by atoms with Gasteiger partial charge in [0.25, 0.3) is 0 Å². The monoisotopic (exact) mass is 266 g/mol. The van der Waals surface area contributed by atoms with Gasteiger partial charge in [0.15, 0.2) is 0 Å². The van der Waals surface area contributed by atoms with Gasteiger partial charge in [-0.2, -0.15) is 0 Å². The van der Waals surface area contributed by atoms with Crippen LogP contribution in [-0.2, 0) is 6.42 Å². The standard InChI is InChI=1S/C15H26N2S/c1-3-8-16-14-6-9-17(13(2)12-14)10-7-15-5-4-11-18-15/h4-5,11,13-14,16H,3,6-10,12H2,1-2H3. The Morgan fingerprint density at radius 1 is 1.50 bits per heavy atom. The van der Waals surface area contributed by atoms with Crippen LogP contribution in [-0.4, -0.2) is 36.6 Å². The maximum absolute atomic E-state index is 3.67. The number of nitrogens with one attached hydrogen (secondary N) is 1. The highest BCUT2D eigenvalue weighted by Gasteiger charge is 2.24. The maximum atomic E-state index is 3.67. The van der Waals surface area contributed by atoms with Crippen molar-refractivity contribution in [2.45, 2.75) is 51.6 Å². The molecule has 0 amide bonds. The summed E-state index contributed by atoms with van der Waals surface area (Å²) in [7, 11) is 0. The second-order valence-electron chi connectivity index (χ2n) is 5.39. The van der Waals surface area contributed by atoms with E-state index in [4.69, 9.17) is 0 Å². The van der Waals surface area contributed by atoms with Gasteiger partial charge in [0.2, 0.25) is 0 Å². The summed E-state index contributed by atoms with van der Waals surface area (Å²) >= 11 is 1.89. The van der Waals surface area contributed by atoms with Crippen LogP contribution in [0.15, 0.2) is 17.5 Å². The van der Waals surface area contributed by atoms with E-state index in [1.165, 1.54) is 50.2 Å². The molecule has 0 spiro atoms. The average Bonchev–Trinajstić information content (AvgIpc) is 2.88. The molecule has 102 valence electrons. The van der Waals surface area contributed by atoms with Crippen molar-refractivity contribution in [3.63, 3.8) is 0 Å². The van der Waals surface area contributed by atoms with Crippen molar-refractivity contribution < 1.29 is 0 Å². The Balaban J connectivity index is 1.72. The van der Waals surface area contributed by atoms with Crippen molar-refractivity contribution in [1.82, 2.24) is 10.2 Å². The second-order valence-corrected chi connectivity index (χ2v) is 6.42. The van der Waals surface area contributed by atoms with E-state index < -0.39 is 0 Å². The van der Waals surface area contributed by atoms with Gasteiger partial charge in [-0.25, -0.2) is 0 Å². The van der Waals surface area contributed by atoms with E-state index in [-0.39, 0.29) is 0 Å². The van der Waals surface area contributed by atoms with Crippen molar-refractivity contribution in [1.29, 1.82) is 0 Å². The smallest absolute Gasteiger partial charge is 0.00940 e. The summed E-state index contributed by atoms with van der Waals surface area (Å²) in [6, 6.07) is 5.89. The number of thiophene rings is 1. The molecule has 0 bridgehead atoms. The minimum Gasteiger partial charge on any atom is -0.314 e.